The van der Waals surface area contributed by atoms with Crippen LogP contribution in [0.5, 0.6) is 0 Å². The van der Waals surface area contributed by atoms with E-state index in [2.05, 4.69) is 25.6 Å². The maximum absolute atomic E-state index is 14.2. The minimum Gasteiger partial charge on any atom is -0.375 e. The van der Waals surface area contributed by atoms with E-state index in [0.717, 1.165) is 19.2 Å². The highest BCUT2D eigenvalue weighted by atomic mass is 35.5. The molecule has 2 aromatic heterocycles. The van der Waals surface area contributed by atoms with Gasteiger partial charge in [0.2, 0.25) is 0 Å². The normalized spacial score (nSPS) is 11.9. The summed E-state index contributed by atoms with van der Waals surface area (Å²) in [5, 5.41) is 9.14. The molecule has 0 spiro atoms. The van der Waals surface area contributed by atoms with Crippen LogP contribution < -0.4 is 16.1 Å². The van der Waals surface area contributed by atoms with Crippen LogP contribution in [0.4, 0.5) is 25.0 Å². The molecule has 3 aromatic rings. The minimum absolute atomic E-state index is 0.196. The summed E-state index contributed by atoms with van der Waals surface area (Å²) >= 11 is 5.93. The lowest BCUT2D eigenvalue weighted by molar-refractivity contribution is 0.0529. The van der Waals surface area contributed by atoms with Crippen molar-refractivity contribution < 1.29 is 27.9 Å². The van der Waals surface area contributed by atoms with Crippen molar-refractivity contribution in [3.05, 3.63) is 52.4 Å². The molecule has 0 aliphatic rings. The molecular formula is C18H17ClF2N6O4. The van der Waals surface area contributed by atoms with E-state index in [1.165, 1.54) is 23.9 Å². The maximum Gasteiger partial charge on any atom is 0.323 e. The third-order valence-electron chi connectivity index (χ3n) is 4.20. The number of halogens is 3. The first-order chi connectivity index (χ1) is 14.7. The highest BCUT2D eigenvalue weighted by molar-refractivity contribution is 6.29. The molecule has 0 aliphatic carbocycles. The van der Waals surface area contributed by atoms with Gasteiger partial charge >= 0.3 is 6.03 Å². The lowest BCUT2D eigenvalue weighted by Gasteiger charge is -2.17. The van der Waals surface area contributed by atoms with Gasteiger partial charge in [-0.05, 0) is 19.1 Å². The highest BCUT2D eigenvalue weighted by Gasteiger charge is 2.21. The lowest BCUT2D eigenvalue weighted by atomic mass is 10.1. The zero-order valence-electron chi connectivity index (χ0n) is 16.5. The Hall–Kier alpha value is -3.35. The molecular weight excluding hydrogens is 438 g/mol. The van der Waals surface area contributed by atoms with Crippen LogP contribution in [-0.2, 0) is 9.57 Å². The van der Waals surface area contributed by atoms with Gasteiger partial charge in [0.1, 0.15) is 17.2 Å². The smallest absolute Gasteiger partial charge is 0.323 e. The molecule has 13 heteroatoms. The molecule has 3 rings (SSSR count). The Morgan fingerprint density at radius 1 is 1.16 bits per heavy atom. The molecule has 10 nitrogen and oxygen atoms in total. The number of nitrogens with one attached hydrogen (secondary N) is 3. The third-order valence-corrected chi connectivity index (χ3v) is 4.38. The second kappa shape index (κ2) is 9.20. The summed E-state index contributed by atoms with van der Waals surface area (Å²) in [5.74, 6) is -3.48. The average molecular weight is 455 g/mol. The van der Waals surface area contributed by atoms with Gasteiger partial charge in [-0.25, -0.2) is 28.6 Å². The maximum atomic E-state index is 14.2. The molecule has 31 heavy (non-hydrogen) atoms. The van der Waals surface area contributed by atoms with E-state index in [1.807, 2.05) is 5.48 Å². The Bertz CT molecular complexity index is 1130. The summed E-state index contributed by atoms with van der Waals surface area (Å²) in [7, 11) is 2.59. The van der Waals surface area contributed by atoms with E-state index in [1.54, 1.807) is 6.92 Å². The quantitative estimate of drug-likeness (QED) is 0.492. The van der Waals surface area contributed by atoms with Crippen molar-refractivity contribution in [1.29, 1.82) is 0 Å². The van der Waals surface area contributed by atoms with Crippen molar-refractivity contribution in [1.82, 2.24) is 20.1 Å². The Kier molecular flexibility index (Phi) is 6.63. The zero-order chi connectivity index (χ0) is 22.7. The van der Waals surface area contributed by atoms with Crippen molar-refractivity contribution in [2.75, 3.05) is 24.9 Å². The third kappa shape index (κ3) is 4.71. The SMILES string of the molecule is CONC(=O)c1c(F)cc(NC(=O)Nc2cnc3cc(Cl)nn3c2[C@H](C)OC)cc1F. The topological polar surface area (TPSA) is 119 Å². The number of carbonyl (C=O) groups is 2. The van der Waals surface area contributed by atoms with Crippen LogP contribution in [-0.4, -0.2) is 40.8 Å². The van der Waals surface area contributed by atoms with E-state index in [-0.39, 0.29) is 16.5 Å². The first-order valence-electron chi connectivity index (χ1n) is 8.72. The Morgan fingerprint density at radius 2 is 1.84 bits per heavy atom. The van der Waals surface area contributed by atoms with E-state index in [0.29, 0.717) is 11.3 Å². The number of hydrogen-bond donors (Lipinski definition) is 3. The Labute approximate surface area is 179 Å². The minimum atomic E-state index is -1.19. The van der Waals surface area contributed by atoms with Gasteiger partial charge in [0.25, 0.3) is 5.91 Å². The van der Waals surface area contributed by atoms with Gasteiger partial charge in [-0.3, -0.25) is 9.63 Å². The molecule has 3 N–H and O–H groups in total. The number of ether oxygens (including phenoxy) is 1. The van der Waals surface area contributed by atoms with Crippen LogP contribution in [0.1, 0.15) is 29.1 Å². The summed E-state index contributed by atoms with van der Waals surface area (Å²) in [6.45, 7) is 1.72. The number of urea groups is 1. The molecule has 0 bridgehead atoms. The fourth-order valence-electron chi connectivity index (χ4n) is 2.81. The molecule has 0 fully saturated rings. The van der Waals surface area contributed by atoms with E-state index in [4.69, 9.17) is 16.3 Å². The van der Waals surface area contributed by atoms with Gasteiger partial charge in [0.05, 0.1) is 30.8 Å². The van der Waals surface area contributed by atoms with Crippen LogP contribution in [0, 0.1) is 11.6 Å². The van der Waals surface area contributed by atoms with Gasteiger partial charge in [-0.1, -0.05) is 11.6 Å². The van der Waals surface area contributed by atoms with Crippen LogP contribution in [0.2, 0.25) is 5.15 Å². The molecule has 0 saturated carbocycles. The number of rotatable bonds is 6. The van der Waals surface area contributed by atoms with Gasteiger partial charge < -0.3 is 15.4 Å². The van der Waals surface area contributed by atoms with E-state index >= 15 is 0 Å². The molecule has 1 atom stereocenters. The van der Waals surface area contributed by atoms with Gasteiger partial charge in [-0.15, -0.1) is 0 Å². The molecule has 0 radical (unpaired) electrons. The number of hydroxylamine groups is 1. The van der Waals surface area contributed by atoms with Crippen LogP contribution >= 0.6 is 11.6 Å². The standard InChI is InChI=1S/C18H17ClF2N6O4/c1-8(30-2)16-12(7-22-14-6-13(19)25-27(14)16)24-18(29)23-9-4-10(20)15(11(21)5-9)17(28)26-31-3/h4-8H,1-3H3,(H,26,28)(H2,23,24,29)/t8-/m0/s1. The largest absolute Gasteiger partial charge is 0.375 e. The zero-order valence-corrected chi connectivity index (χ0v) is 17.3. The van der Waals surface area contributed by atoms with Gasteiger partial charge in [0.15, 0.2) is 10.8 Å². The Morgan fingerprint density at radius 3 is 2.45 bits per heavy atom. The number of fused-ring (bicyclic) bond motifs is 1. The fraction of sp³-hybridized carbons (Fsp3) is 0.222. The molecule has 164 valence electrons. The molecule has 0 aliphatic heterocycles. The van der Waals surface area contributed by atoms with Gasteiger partial charge in [-0.2, -0.15) is 5.10 Å². The van der Waals surface area contributed by atoms with Crippen molar-refractivity contribution in [3.63, 3.8) is 0 Å². The van der Waals surface area contributed by atoms with Gasteiger partial charge in [0, 0.05) is 18.9 Å². The van der Waals surface area contributed by atoms with Crippen molar-refractivity contribution in [3.8, 4) is 0 Å². The molecule has 0 unspecified atom stereocenters. The second-order valence-electron chi connectivity index (χ2n) is 6.20. The molecule has 0 saturated heterocycles. The number of amides is 3. The fourth-order valence-corrected chi connectivity index (χ4v) is 2.99. The second-order valence-corrected chi connectivity index (χ2v) is 6.59. The first kappa shape index (κ1) is 22.3. The monoisotopic (exact) mass is 454 g/mol. The number of hydrogen-bond acceptors (Lipinski definition) is 6. The number of benzene rings is 1. The summed E-state index contributed by atoms with van der Waals surface area (Å²) < 4.78 is 35.1. The molecule has 2 heterocycles. The predicted molar refractivity (Wildman–Crippen MR) is 107 cm³/mol. The summed E-state index contributed by atoms with van der Waals surface area (Å²) in [6, 6.07) is 2.29. The number of aromatic nitrogens is 3. The summed E-state index contributed by atoms with van der Waals surface area (Å²) in [6.07, 6.45) is 0.863. The first-order valence-corrected chi connectivity index (χ1v) is 9.10. The summed E-state index contributed by atoms with van der Waals surface area (Å²) in [4.78, 5) is 32.6. The average Bonchev–Trinajstić information content (AvgIpc) is 3.07. The van der Waals surface area contributed by atoms with E-state index in [9.17, 15) is 18.4 Å². The van der Waals surface area contributed by atoms with E-state index < -0.39 is 35.2 Å². The van der Waals surface area contributed by atoms with Crippen molar-refractivity contribution in [2.45, 2.75) is 13.0 Å². The summed E-state index contributed by atoms with van der Waals surface area (Å²) in [5.41, 5.74) is 1.85. The number of carbonyl (C=O) groups excluding carboxylic acids is 2. The predicted octanol–water partition coefficient (Wildman–Crippen LogP) is 3.30. The van der Waals surface area contributed by atoms with Crippen molar-refractivity contribution >= 4 is 40.6 Å². The molecule has 1 aromatic carbocycles. The van der Waals surface area contributed by atoms with Crippen molar-refractivity contribution in [2.24, 2.45) is 0 Å². The van der Waals surface area contributed by atoms with Crippen LogP contribution in [0.15, 0.2) is 24.4 Å². The number of anilines is 2. The molecule has 3 amide bonds. The van der Waals surface area contributed by atoms with Crippen LogP contribution in [0.3, 0.4) is 0 Å². The van der Waals surface area contributed by atoms with Crippen LogP contribution in [0.25, 0.3) is 5.65 Å². The number of methoxy groups -OCH3 is 1. The lowest BCUT2D eigenvalue weighted by Crippen LogP contribution is -2.25. The highest BCUT2D eigenvalue weighted by Crippen LogP contribution is 2.27. The Balaban J connectivity index is 1.86. The number of nitrogens with zero attached hydrogens (tertiary/aromatic N) is 3.